The van der Waals surface area contributed by atoms with Crippen LogP contribution in [0.1, 0.15) is 42.4 Å². The lowest BCUT2D eigenvalue weighted by Gasteiger charge is -2.17. The number of nitrogens with one attached hydrogen (secondary N) is 1. The van der Waals surface area contributed by atoms with Crippen LogP contribution in [0.2, 0.25) is 0 Å². The van der Waals surface area contributed by atoms with Crippen molar-refractivity contribution in [2.45, 2.75) is 31.7 Å². The van der Waals surface area contributed by atoms with E-state index in [1.807, 2.05) is 42.5 Å². The molecule has 0 radical (unpaired) electrons. The normalized spacial score (nSPS) is 22.5. The monoisotopic (exact) mass is 255 g/mol. The number of carbonyl (C=O) groups excluding carboxylic acids is 1. The molecule has 2 atom stereocenters. The molecular formula is C16H17NO2. The third-order valence-electron chi connectivity index (χ3n) is 3.68. The van der Waals surface area contributed by atoms with Crippen molar-refractivity contribution in [1.29, 1.82) is 0 Å². The van der Waals surface area contributed by atoms with E-state index in [2.05, 4.69) is 12.2 Å². The van der Waals surface area contributed by atoms with Crippen molar-refractivity contribution in [2.75, 3.05) is 0 Å². The Bertz CT molecular complexity index is 573. The number of benzene rings is 1. The van der Waals surface area contributed by atoms with Crippen LogP contribution in [0.5, 0.6) is 0 Å². The topological polar surface area (TPSA) is 42.2 Å². The van der Waals surface area contributed by atoms with Crippen molar-refractivity contribution in [3.8, 4) is 0 Å². The van der Waals surface area contributed by atoms with Crippen LogP contribution in [-0.2, 0) is 11.2 Å². The standard InChI is InChI=1S/C16H17NO2/c1-2-12-8-9-14(19-12)13-10-15(18)17-16(13)11-6-4-3-5-7-11/h3-9,13,16H,2,10H2,1H3,(H,17,18). The largest absolute Gasteiger partial charge is 0.466 e. The number of hydrogen-bond donors (Lipinski definition) is 1. The summed E-state index contributed by atoms with van der Waals surface area (Å²) in [6.07, 6.45) is 1.38. The highest BCUT2D eigenvalue weighted by atomic mass is 16.3. The molecule has 1 aliphatic heterocycles. The van der Waals surface area contributed by atoms with Crippen LogP contribution in [0.25, 0.3) is 0 Å². The van der Waals surface area contributed by atoms with Crippen molar-refractivity contribution in [2.24, 2.45) is 0 Å². The predicted molar refractivity (Wildman–Crippen MR) is 72.8 cm³/mol. The maximum absolute atomic E-state index is 11.7. The summed E-state index contributed by atoms with van der Waals surface area (Å²) in [5.41, 5.74) is 1.13. The van der Waals surface area contributed by atoms with Crippen molar-refractivity contribution in [3.05, 3.63) is 59.5 Å². The molecule has 3 nitrogen and oxygen atoms in total. The van der Waals surface area contributed by atoms with E-state index in [-0.39, 0.29) is 17.9 Å². The summed E-state index contributed by atoms with van der Waals surface area (Å²) in [6.45, 7) is 2.06. The molecule has 0 spiro atoms. The summed E-state index contributed by atoms with van der Waals surface area (Å²) in [6, 6.07) is 14.1. The predicted octanol–water partition coefficient (Wildman–Crippen LogP) is 3.19. The lowest BCUT2D eigenvalue weighted by Crippen LogP contribution is -2.20. The lowest BCUT2D eigenvalue weighted by molar-refractivity contribution is -0.119. The van der Waals surface area contributed by atoms with Crippen LogP contribution in [0.3, 0.4) is 0 Å². The molecule has 2 aromatic rings. The quantitative estimate of drug-likeness (QED) is 0.915. The average Bonchev–Trinajstić information content (AvgIpc) is 3.05. The van der Waals surface area contributed by atoms with Gasteiger partial charge in [-0.1, -0.05) is 37.3 Å². The van der Waals surface area contributed by atoms with Crippen LogP contribution in [0.4, 0.5) is 0 Å². The zero-order chi connectivity index (χ0) is 13.2. The van der Waals surface area contributed by atoms with Crippen molar-refractivity contribution in [3.63, 3.8) is 0 Å². The van der Waals surface area contributed by atoms with Gasteiger partial charge in [0.25, 0.3) is 0 Å². The van der Waals surface area contributed by atoms with Gasteiger partial charge in [-0.2, -0.15) is 0 Å². The van der Waals surface area contributed by atoms with Gasteiger partial charge in [-0.3, -0.25) is 4.79 Å². The highest BCUT2D eigenvalue weighted by Crippen LogP contribution is 2.38. The molecular weight excluding hydrogens is 238 g/mol. The van der Waals surface area contributed by atoms with Crippen molar-refractivity contribution >= 4 is 5.91 Å². The summed E-state index contributed by atoms with van der Waals surface area (Å²) >= 11 is 0. The van der Waals surface area contributed by atoms with Gasteiger partial charge in [-0.05, 0) is 17.7 Å². The third kappa shape index (κ3) is 2.28. The first-order chi connectivity index (χ1) is 9.28. The Labute approximate surface area is 112 Å². The van der Waals surface area contributed by atoms with Crippen LogP contribution in [-0.4, -0.2) is 5.91 Å². The fraction of sp³-hybridized carbons (Fsp3) is 0.312. The molecule has 3 rings (SSSR count). The second kappa shape index (κ2) is 4.92. The molecule has 98 valence electrons. The first-order valence-corrected chi connectivity index (χ1v) is 6.71. The van der Waals surface area contributed by atoms with Gasteiger partial charge in [0.2, 0.25) is 5.91 Å². The molecule has 1 fully saturated rings. The first-order valence-electron chi connectivity index (χ1n) is 6.71. The van der Waals surface area contributed by atoms with Gasteiger partial charge < -0.3 is 9.73 Å². The van der Waals surface area contributed by atoms with Crippen LogP contribution in [0, 0.1) is 0 Å². The van der Waals surface area contributed by atoms with Gasteiger partial charge in [0.15, 0.2) is 0 Å². The van der Waals surface area contributed by atoms with Gasteiger partial charge in [0, 0.05) is 12.8 Å². The Morgan fingerprint density at radius 3 is 2.68 bits per heavy atom. The molecule has 0 aliphatic carbocycles. The summed E-state index contributed by atoms with van der Waals surface area (Å²) in [5, 5.41) is 3.05. The Morgan fingerprint density at radius 1 is 1.21 bits per heavy atom. The van der Waals surface area contributed by atoms with E-state index in [0.29, 0.717) is 6.42 Å². The Balaban J connectivity index is 1.92. The highest BCUT2D eigenvalue weighted by Gasteiger charge is 2.36. The fourth-order valence-corrected chi connectivity index (χ4v) is 2.68. The van der Waals surface area contributed by atoms with Crippen LogP contribution >= 0.6 is 0 Å². The molecule has 1 N–H and O–H groups in total. The minimum Gasteiger partial charge on any atom is -0.466 e. The second-order valence-corrected chi connectivity index (χ2v) is 4.92. The SMILES string of the molecule is CCc1ccc(C2CC(=O)NC2c2ccccc2)o1. The zero-order valence-electron chi connectivity index (χ0n) is 10.9. The van der Waals surface area contributed by atoms with E-state index in [4.69, 9.17) is 4.42 Å². The van der Waals surface area contributed by atoms with E-state index in [0.717, 1.165) is 23.5 Å². The summed E-state index contributed by atoms with van der Waals surface area (Å²) in [7, 11) is 0. The first kappa shape index (κ1) is 12.0. The minimum atomic E-state index is 0.0181. The van der Waals surface area contributed by atoms with E-state index in [1.165, 1.54) is 0 Å². The molecule has 1 aromatic heterocycles. The molecule has 19 heavy (non-hydrogen) atoms. The fourth-order valence-electron chi connectivity index (χ4n) is 2.68. The number of furan rings is 1. The van der Waals surface area contributed by atoms with E-state index < -0.39 is 0 Å². The van der Waals surface area contributed by atoms with E-state index in [1.54, 1.807) is 0 Å². The number of hydrogen-bond acceptors (Lipinski definition) is 2. The Morgan fingerprint density at radius 2 is 2.00 bits per heavy atom. The van der Waals surface area contributed by atoms with Crippen LogP contribution < -0.4 is 5.32 Å². The zero-order valence-corrected chi connectivity index (χ0v) is 10.9. The smallest absolute Gasteiger partial charge is 0.221 e. The Kier molecular flexibility index (Phi) is 3.11. The number of amides is 1. The van der Waals surface area contributed by atoms with E-state index in [9.17, 15) is 4.79 Å². The number of aryl methyl sites for hydroxylation is 1. The Hall–Kier alpha value is -2.03. The minimum absolute atomic E-state index is 0.0181. The van der Waals surface area contributed by atoms with Gasteiger partial charge in [0.05, 0.1) is 12.0 Å². The van der Waals surface area contributed by atoms with Crippen molar-refractivity contribution in [1.82, 2.24) is 5.32 Å². The molecule has 2 heterocycles. The molecule has 1 amide bonds. The second-order valence-electron chi connectivity index (χ2n) is 4.92. The molecule has 1 aliphatic rings. The molecule has 0 bridgehead atoms. The van der Waals surface area contributed by atoms with Crippen LogP contribution in [0.15, 0.2) is 46.9 Å². The van der Waals surface area contributed by atoms with E-state index >= 15 is 0 Å². The number of carbonyl (C=O) groups is 1. The molecule has 3 heteroatoms. The molecule has 0 saturated carbocycles. The van der Waals surface area contributed by atoms with Crippen molar-refractivity contribution < 1.29 is 9.21 Å². The third-order valence-corrected chi connectivity index (χ3v) is 3.68. The molecule has 1 saturated heterocycles. The van der Waals surface area contributed by atoms with Gasteiger partial charge in [0.1, 0.15) is 11.5 Å². The molecule has 2 unspecified atom stereocenters. The maximum atomic E-state index is 11.7. The maximum Gasteiger partial charge on any atom is 0.221 e. The average molecular weight is 255 g/mol. The summed E-state index contributed by atoms with van der Waals surface area (Å²) in [4.78, 5) is 11.7. The lowest BCUT2D eigenvalue weighted by atomic mass is 9.92. The van der Waals surface area contributed by atoms with Gasteiger partial charge >= 0.3 is 0 Å². The summed E-state index contributed by atoms with van der Waals surface area (Å²) in [5.74, 6) is 2.06. The van der Waals surface area contributed by atoms with Gasteiger partial charge in [-0.15, -0.1) is 0 Å². The summed E-state index contributed by atoms with van der Waals surface area (Å²) < 4.78 is 5.82. The molecule has 1 aromatic carbocycles. The highest BCUT2D eigenvalue weighted by molar-refractivity contribution is 5.80. The number of rotatable bonds is 3. The van der Waals surface area contributed by atoms with Gasteiger partial charge in [-0.25, -0.2) is 0 Å².